The van der Waals surface area contributed by atoms with Gasteiger partial charge in [-0.15, -0.1) is 0 Å². The summed E-state index contributed by atoms with van der Waals surface area (Å²) in [6, 6.07) is 6.63. The van der Waals surface area contributed by atoms with Crippen molar-refractivity contribution in [2.24, 2.45) is 0 Å². The lowest BCUT2D eigenvalue weighted by molar-refractivity contribution is 0.0696. The molecule has 0 saturated carbocycles. The molecular formula is C15H16N2O3. The number of hydrogen-bond donors (Lipinski definition) is 1. The number of carbonyl (C=O) groups is 1. The van der Waals surface area contributed by atoms with E-state index in [0.717, 1.165) is 18.5 Å². The minimum absolute atomic E-state index is 0.270. The van der Waals surface area contributed by atoms with Crippen molar-refractivity contribution in [1.29, 1.82) is 0 Å². The monoisotopic (exact) mass is 272 g/mol. The molecule has 1 aromatic carbocycles. The fraction of sp³-hybridized carbons (Fsp3) is 0.267. The van der Waals surface area contributed by atoms with Gasteiger partial charge >= 0.3 is 5.97 Å². The standard InChI is InChI=1S/C15H16N2O3/c1-3-4-11-8-14(17-9-16-11)20-12-5-6-13(15(18)19)10(2)7-12/h5-9H,3-4H2,1-2H3,(H,18,19). The number of carboxylic acids is 1. The van der Waals surface area contributed by atoms with Crippen molar-refractivity contribution < 1.29 is 14.6 Å². The number of aromatic carboxylic acids is 1. The molecule has 5 heteroatoms. The van der Waals surface area contributed by atoms with Gasteiger partial charge in [-0.05, 0) is 37.1 Å². The number of aromatic nitrogens is 2. The SMILES string of the molecule is CCCc1cc(Oc2ccc(C(=O)O)c(C)c2)ncn1. The average molecular weight is 272 g/mol. The molecule has 0 spiro atoms. The van der Waals surface area contributed by atoms with Gasteiger partial charge in [-0.3, -0.25) is 0 Å². The highest BCUT2D eigenvalue weighted by atomic mass is 16.5. The summed E-state index contributed by atoms with van der Waals surface area (Å²) >= 11 is 0. The third-order valence-electron chi connectivity index (χ3n) is 2.86. The Kier molecular flexibility index (Phi) is 4.30. The normalized spacial score (nSPS) is 10.3. The number of hydrogen-bond acceptors (Lipinski definition) is 4. The van der Waals surface area contributed by atoms with Crippen molar-refractivity contribution in [3.05, 3.63) is 47.4 Å². The van der Waals surface area contributed by atoms with Crippen molar-refractivity contribution in [2.75, 3.05) is 0 Å². The van der Waals surface area contributed by atoms with Gasteiger partial charge in [0.2, 0.25) is 5.88 Å². The Hall–Kier alpha value is -2.43. The van der Waals surface area contributed by atoms with E-state index < -0.39 is 5.97 Å². The van der Waals surface area contributed by atoms with E-state index in [1.54, 1.807) is 25.1 Å². The fourth-order valence-corrected chi connectivity index (χ4v) is 1.89. The Labute approximate surface area is 117 Å². The molecule has 1 heterocycles. The molecule has 0 radical (unpaired) electrons. The van der Waals surface area contributed by atoms with Crippen LogP contribution in [-0.4, -0.2) is 21.0 Å². The van der Waals surface area contributed by atoms with Gasteiger partial charge in [0.1, 0.15) is 12.1 Å². The summed E-state index contributed by atoms with van der Waals surface area (Å²) in [7, 11) is 0. The number of benzene rings is 1. The van der Waals surface area contributed by atoms with E-state index in [2.05, 4.69) is 16.9 Å². The first-order chi connectivity index (χ1) is 9.60. The Bertz CT molecular complexity index is 626. The van der Waals surface area contributed by atoms with E-state index in [9.17, 15) is 4.79 Å². The summed E-state index contributed by atoms with van der Waals surface area (Å²) in [6.45, 7) is 3.81. The number of aryl methyl sites for hydroxylation is 2. The first-order valence-corrected chi connectivity index (χ1v) is 6.43. The average Bonchev–Trinajstić information content (AvgIpc) is 2.39. The van der Waals surface area contributed by atoms with Crippen molar-refractivity contribution in [1.82, 2.24) is 9.97 Å². The zero-order chi connectivity index (χ0) is 14.5. The maximum atomic E-state index is 10.9. The fourth-order valence-electron chi connectivity index (χ4n) is 1.89. The minimum atomic E-state index is -0.943. The molecule has 0 unspecified atom stereocenters. The second-order valence-corrected chi connectivity index (χ2v) is 4.48. The third kappa shape index (κ3) is 3.32. The van der Waals surface area contributed by atoms with Gasteiger partial charge in [0.05, 0.1) is 5.56 Å². The molecule has 0 aliphatic carbocycles. The second-order valence-electron chi connectivity index (χ2n) is 4.48. The summed E-state index contributed by atoms with van der Waals surface area (Å²) in [4.78, 5) is 19.2. The molecule has 0 amide bonds. The molecule has 0 saturated heterocycles. The van der Waals surface area contributed by atoms with Crippen molar-refractivity contribution >= 4 is 5.97 Å². The molecule has 2 aromatic rings. The molecule has 1 aromatic heterocycles. The Morgan fingerprint density at radius 1 is 1.30 bits per heavy atom. The summed E-state index contributed by atoms with van der Waals surface area (Å²) in [5.74, 6) is 0.0842. The van der Waals surface area contributed by atoms with Crippen LogP contribution in [0.5, 0.6) is 11.6 Å². The molecule has 1 N–H and O–H groups in total. The Morgan fingerprint density at radius 2 is 2.10 bits per heavy atom. The van der Waals surface area contributed by atoms with Gasteiger partial charge in [0.15, 0.2) is 0 Å². The molecule has 20 heavy (non-hydrogen) atoms. The zero-order valence-corrected chi connectivity index (χ0v) is 11.5. The predicted octanol–water partition coefficient (Wildman–Crippen LogP) is 3.23. The number of rotatable bonds is 5. The van der Waals surface area contributed by atoms with Crippen LogP contribution in [0.15, 0.2) is 30.6 Å². The summed E-state index contributed by atoms with van der Waals surface area (Å²) in [5.41, 5.74) is 1.85. The van der Waals surface area contributed by atoms with Gasteiger partial charge in [-0.2, -0.15) is 0 Å². The number of nitrogens with zero attached hydrogens (tertiary/aromatic N) is 2. The number of carboxylic acid groups (broad SMARTS) is 1. The van der Waals surface area contributed by atoms with Crippen LogP contribution in [0.3, 0.4) is 0 Å². The van der Waals surface area contributed by atoms with Gasteiger partial charge in [0.25, 0.3) is 0 Å². The summed E-state index contributed by atoms with van der Waals surface area (Å²) in [6.07, 6.45) is 3.34. The highest BCUT2D eigenvalue weighted by Crippen LogP contribution is 2.22. The van der Waals surface area contributed by atoms with E-state index in [4.69, 9.17) is 9.84 Å². The quantitative estimate of drug-likeness (QED) is 0.904. The van der Waals surface area contributed by atoms with Crippen LogP contribution in [0, 0.1) is 6.92 Å². The molecular weight excluding hydrogens is 256 g/mol. The highest BCUT2D eigenvalue weighted by Gasteiger charge is 2.08. The van der Waals surface area contributed by atoms with Gasteiger partial charge in [-0.1, -0.05) is 13.3 Å². The Balaban J connectivity index is 2.19. The first kappa shape index (κ1) is 14.0. The molecule has 0 bridgehead atoms. The van der Waals surface area contributed by atoms with Gasteiger partial charge in [0, 0.05) is 11.8 Å². The molecule has 0 fully saturated rings. The van der Waals surface area contributed by atoms with E-state index >= 15 is 0 Å². The van der Waals surface area contributed by atoms with Crippen LogP contribution in [0.2, 0.25) is 0 Å². The summed E-state index contributed by atoms with van der Waals surface area (Å²) < 4.78 is 5.64. The highest BCUT2D eigenvalue weighted by molar-refractivity contribution is 5.89. The number of ether oxygens (including phenoxy) is 1. The molecule has 0 aliphatic heterocycles. The van der Waals surface area contributed by atoms with E-state index in [1.807, 2.05) is 0 Å². The molecule has 0 aliphatic rings. The molecule has 5 nitrogen and oxygen atoms in total. The Morgan fingerprint density at radius 3 is 2.75 bits per heavy atom. The maximum absolute atomic E-state index is 10.9. The van der Waals surface area contributed by atoms with Crippen LogP contribution in [-0.2, 0) is 6.42 Å². The van der Waals surface area contributed by atoms with Crippen molar-refractivity contribution in [3.8, 4) is 11.6 Å². The van der Waals surface area contributed by atoms with Crippen LogP contribution >= 0.6 is 0 Å². The summed E-state index contributed by atoms with van der Waals surface area (Å²) in [5, 5.41) is 8.98. The molecule has 0 atom stereocenters. The lowest BCUT2D eigenvalue weighted by atomic mass is 10.1. The lowest BCUT2D eigenvalue weighted by Gasteiger charge is -2.08. The van der Waals surface area contributed by atoms with E-state index in [0.29, 0.717) is 17.2 Å². The first-order valence-electron chi connectivity index (χ1n) is 6.43. The third-order valence-corrected chi connectivity index (χ3v) is 2.86. The van der Waals surface area contributed by atoms with Gasteiger partial charge < -0.3 is 9.84 Å². The largest absolute Gasteiger partial charge is 0.478 e. The topological polar surface area (TPSA) is 72.3 Å². The van der Waals surface area contributed by atoms with Crippen molar-refractivity contribution in [2.45, 2.75) is 26.7 Å². The zero-order valence-electron chi connectivity index (χ0n) is 11.5. The molecule has 2 rings (SSSR count). The minimum Gasteiger partial charge on any atom is -0.478 e. The predicted molar refractivity (Wildman–Crippen MR) is 74.2 cm³/mol. The second kappa shape index (κ2) is 6.14. The van der Waals surface area contributed by atoms with E-state index in [1.165, 1.54) is 12.4 Å². The van der Waals surface area contributed by atoms with E-state index in [-0.39, 0.29) is 5.56 Å². The smallest absolute Gasteiger partial charge is 0.335 e. The van der Waals surface area contributed by atoms with Crippen LogP contribution < -0.4 is 4.74 Å². The maximum Gasteiger partial charge on any atom is 0.335 e. The van der Waals surface area contributed by atoms with Gasteiger partial charge in [-0.25, -0.2) is 14.8 Å². The van der Waals surface area contributed by atoms with Crippen LogP contribution in [0.1, 0.15) is 35.0 Å². The van der Waals surface area contributed by atoms with Crippen LogP contribution in [0.25, 0.3) is 0 Å². The van der Waals surface area contributed by atoms with Crippen molar-refractivity contribution in [3.63, 3.8) is 0 Å². The lowest BCUT2D eigenvalue weighted by Crippen LogP contribution is -2.00. The molecule has 104 valence electrons. The van der Waals surface area contributed by atoms with Crippen LogP contribution in [0.4, 0.5) is 0 Å².